The zero-order valence-electron chi connectivity index (χ0n) is 13.4. The fourth-order valence-electron chi connectivity index (χ4n) is 2.46. The van der Waals surface area contributed by atoms with Gasteiger partial charge in [0.15, 0.2) is 0 Å². The van der Waals surface area contributed by atoms with Crippen molar-refractivity contribution >= 4 is 0 Å². The first-order valence-corrected chi connectivity index (χ1v) is 7.63. The molecule has 112 valence electrons. The number of ether oxygens (including phenoxy) is 1. The van der Waals surface area contributed by atoms with E-state index in [1.165, 1.54) is 22.3 Å². The maximum atomic E-state index is 5.98. The minimum absolute atomic E-state index is 0.374. The summed E-state index contributed by atoms with van der Waals surface area (Å²) in [5.74, 6) is 0.964. The van der Waals surface area contributed by atoms with Gasteiger partial charge < -0.3 is 10.1 Å². The molecule has 1 N–H and O–H groups in total. The van der Waals surface area contributed by atoms with E-state index in [4.69, 9.17) is 4.74 Å². The molecular formula is C19H25NO. The van der Waals surface area contributed by atoms with Crippen LogP contribution >= 0.6 is 0 Å². The number of nitrogens with one attached hydrogen (secondary N) is 1. The second-order valence-corrected chi connectivity index (χ2v) is 5.52. The summed E-state index contributed by atoms with van der Waals surface area (Å²) in [7, 11) is 0. The smallest absolute Gasteiger partial charge is 0.122 e. The van der Waals surface area contributed by atoms with Gasteiger partial charge in [0.1, 0.15) is 12.4 Å². The highest BCUT2D eigenvalue weighted by atomic mass is 16.5. The third-order valence-electron chi connectivity index (χ3n) is 3.85. The summed E-state index contributed by atoms with van der Waals surface area (Å²) in [4.78, 5) is 0. The molecule has 2 heteroatoms. The first kappa shape index (κ1) is 15.6. The number of hydrogen-bond donors (Lipinski definition) is 1. The Bertz CT molecular complexity index is 592. The van der Waals surface area contributed by atoms with Crippen LogP contribution in [0.25, 0.3) is 0 Å². The molecule has 0 amide bonds. The van der Waals surface area contributed by atoms with E-state index in [1.54, 1.807) is 0 Å². The van der Waals surface area contributed by atoms with Crippen LogP contribution in [0.15, 0.2) is 42.5 Å². The lowest BCUT2D eigenvalue weighted by molar-refractivity contribution is 0.303. The lowest BCUT2D eigenvalue weighted by atomic mass is 10.0. The Hall–Kier alpha value is -1.80. The molecule has 2 aromatic carbocycles. The first-order valence-electron chi connectivity index (χ1n) is 7.63. The molecule has 0 saturated heterocycles. The Morgan fingerprint density at radius 1 is 1.05 bits per heavy atom. The molecule has 2 aromatic rings. The molecule has 0 radical (unpaired) electrons. The van der Waals surface area contributed by atoms with Crippen LogP contribution in [0.5, 0.6) is 5.75 Å². The van der Waals surface area contributed by atoms with E-state index in [1.807, 2.05) is 0 Å². The van der Waals surface area contributed by atoms with Gasteiger partial charge in [0, 0.05) is 6.04 Å². The SMILES string of the molecule is CCNC(C)c1ccc(OCc2ccccc2C)c(C)c1. The minimum atomic E-state index is 0.374. The van der Waals surface area contributed by atoms with Crippen molar-refractivity contribution in [1.29, 1.82) is 0 Å². The molecule has 0 saturated carbocycles. The third-order valence-corrected chi connectivity index (χ3v) is 3.85. The molecule has 0 bridgehead atoms. The van der Waals surface area contributed by atoms with E-state index in [0.29, 0.717) is 12.6 Å². The Labute approximate surface area is 128 Å². The summed E-state index contributed by atoms with van der Waals surface area (Å²) in [6.45, 7) is 10.1. The average Bonchev–Trinajstić information content (AvgIpc) is 2.47. The highest BCUT2D eigenvalue weighted by molar-refractivity contribution is 5.37. The molecule has 0 spiro atoms. The molecule has 0 fully saturated rings. The molecular weight excluding hydrogens is 258 g/mol. The van der Waals surface area contributed by atoms with Gasteiger partial charge in [0.05, 0.1) is 0 Å². The van der Waals surface area contributed by atoms with Crippen molar-refractivity contribution in [3.8, 4) is 5.75 Å². The van der Waals surface area contributed by atoms with Crippen molar-refractivity contribution in [3.05, 3.63) is 64.7 Å². The lowest BCUT2D eigenvalue weighted by Gasteiger charge is -2.16. The van der Waals surface area contributed by atoms with E-state index in [-0.39, 0.29) is 0 Å². The molecule has 2 rings (SSSR count). The zero-order chi connectivity index (χ0) is 15.2. The maximum absolute atomic E-state index is 5.98. The summed E-state index contributed by atoms with van der Waals surface area (Å²) in [6, 6.07) is 15.2. The van der Waals surface area contributed by atoms with Crippen LogP contribution in [0.2, 0.25) is 0 Å². The second kappa shape index (κ2) is 7.28. The molecule has 0 aliphatic heterocycles. The standard InChI is InChI=1S/C19H25NO/c1-5-20-16(4)17-10-11-19(15(3)12-17)21-13-18-9-7-6-8-14(18)2/h6-12,16,20H,5,13H2,1-4H3. The number of hydrogen-bond acceptors (Lipinski definition) is 2. The van der Waals surface area contributed by atoms with Crippen LogP contribution < -0.4 is 10.1 Å². The Morgan fingerprint density at radius 2 is 1.81 bits per heavy atom. The summed E-state index contributed by atoms with van der Waals surface area (Å²) in [6.07, 6.45) is 0. The van der Waals surface area contributed by atoms with Crippen LogP contribution in [0.1, 0.15) is 42.1 Å². The average molecular weight is 283 g/mol. The largest absolute Gasteiger partial charge is 0.489 e. The fourth-order valence-corrected chi connectivity index (χ4v) is 2.46. The van der Waals surface area contributed by atoms with Crippen molar-refractivity contribution in [2.45, 2.75) is 40.3 Å². The first-order chi connectivity index (χ1) is 10.1. The van der Waals surface area contributed by atoms with E-state index in [9.17, 15) is 0 Å². The van der Waals surface area contributed by atoms with Gasteiger partial charge in [-0.05, 0) is 55.6 Å². The van der Waals surface area contributed by atoms with Crippen LogP contribution in [0.3, 0.4) is 0 Å². The Kier molecular flexibility index (Phi) is 5.40. The predicted octanol–water partition coefficient (Wildman–Crippen LogP) is 4.55. The van der Waals surface area contributed by atoms with Crippen molar-refractivity contribution in [3.63, 3.8) is 0 Å². The van der Waals surface area contributed by atoms with E-state index < -0.39 is 0 Å². The Balaban J connectivity index is 2.06. The normalized spacial score (nSPS) is 12.2. The van der Waals surface area contributed by atoms with Gasteiger partial charge in [0.2, 0.25) is 0 Å². The number of aryl methyl sites for hydroxylation is 2. The maximum Gasteiger partial charge on any atom is 0.122 e. The third kappa shape index (κ3) is 4.08. The topological polar surface area (TPSA) is 21.3 Å². The van der Waals surface area contributed by atoms with Gasteiger partial charge in [0.25, 0.3) is 0 Å². The lowest BCUT2D eigenvalue weighted by Crippen LogP contribution is -2.17. The van der Waals surface area contributed by atoms with Crippen LogP contribution in [0, 0.1) is 13.8 Å². The van der Waals surface area contributed by atoms with Gasteiger partial charge in [-0.2, -0.15) is 0 Å². The van der Waals surface area contributed by atoms with Crippen molar-refractivity contribution in [2.75, 3.05) is 6.54 Å². The van der Waals surface area contributed by atoms with Gasteiger partial charge in [-0.15, -0.1) is 0 Å². The van der Waals surface area contributed by atoms with Gasteiger partial charge in [-0.25, -0.2) is 0 Å². The predicted molar refractivity (Wildman–Crippen MR) is 88.8 cm³/mol. The number of rotatable bonds is 6. The fraction of sp³-hybridized carbons (Fsp3) is 0.368. The van der Waals surface area contributed by atoms with Gasteiger partial charge >= 0.3 is 0 Å². The molecule has 1 unspecified atom stereocenters. The highest BCUT2D eigenvalue weighted by Crippen LogP contribution is 2.24. The second-order valence-electron chi connectivity index (χ2n) is 5.52. The molecule has 2 nitrogen and oxygen atoms in total. The quantitative estimate of drug-likeness (QED) is 0.839. The van der Waals surface area contributed by atoms with Crippen LogP contribution in [-0.4, -0.2) is 6.54 Å². The summed E-state index contributed by atoms with van der Waals surface area (Å²) < 4.78 is 5.98. The van der Waals surface area contributed by atoms with E-state index in [0.717, 1.165) is 12.3 Å². The van der Waals surface area contributed by atoms with Crippen LogP contribution in [0.4, 0.5) is 0 Å². The van der Waals surface area contributed by atoms with E-state index in [2.05, 4.69) is 75.5 Å². The van der Waals surface area contributed by atoms with Gasteiger partial charge in [-0.1, -0.05) is 43.3 Å². The number of benzene rings is 2. The summed E-state index contributed by atoms with van der Waals surface area (Å²) in [5.41, 5.74) is 5.00. The van der Waals surface area contributed by atoms with Crippen molar-refractivity contribution < 1.29 is 4.74 Å². The molecule has 0 heterocycles. The molecule has 0 aliphatic rings. The molecule has 1 atom stereocenters. The van der Waals surface area contributed by atoms with Crippen molar-refractivity contribution in [2.24, 2.45) is 0 Å². The minimum Gasteiger partial charge on any atom is -0.489 e. The highest BCUT2D eigenvalue weighted by Gasteiger charge is 2.07. The zero-order valence-corrected chi connectivity index (χ0v) is 13.4. The molecule has 0 aliphatic carbocycles. The monoisotopic (exact) mass is 283 g/mol. The summed E-state index contributed by atoms with van der Waals surface area (Å²) >= 11 is 0. The molecule has 21 heavy (non-hydrogen) atoms. The van der Waals surface area contributed by atoms with Crippen molar-refractivity contribution in [1.82, 2.24) is 5.32 Å². The Morgan fingerprint density at radius 3 is 2.48 bits per heavy atom. The van der Waals surface area contributed by atoms with Crippen LogP contribution in [-0.2, 0) is 6.61 Å². The van der Waals surface area contributed by atoms with Gasteiger partial charge in [-0.3, -0.25) is 0 Å². The summed E-state index contributed by atoms with van der Waals surface area (Å²) in [5, 5.41) is 3.43. The van der Waals surface area contributed by atoms with E-state index >= 15 is 0 Å². The molecule has 0 aromatic heterocycles.